The topological polar surface area (TPSA) is 58.1 Å². The number of aromatic nitrogens is 1. The minimum absolute atomic E-state index is 0.115. The summed E-state index contributed by atoms with van der Waals surface area (Å²) >= 11 is 5.22. The Bertz CT molecular complexity index is 1100. The summed E-state index contributed by atoms with van der Waals surface area (Å²) in [6.07, 6.45) is 0.344. The average Bonchev–Trinajstić information content (AvgIpc) is 3.09. The quantitative estimate of drug-likeness (QED) is 0.350. The van der Waals surface area contributed by atoms with Crippen LogP contribution in [0, 0.1) is 0 Å². The maximum Gasteiger partial charge on any atom is 0.240 e. The van der Waals surface area contributed by atoms with Crippen LogP contribution in [0.5, 0.6) is 0 Å². The Morgan fingerprint density at radius 1 is 0.793 bits per heavy atom. The van der Waals surface area contributed by atoms with E-state index in [0.29, 0.717) is 24.6 Å². The maximum atomic E-state index is 12.3. The van der Waals surface area contributed by atoms with E-state index in [2.05, 4.69) is 45.0 Å². The molecule has 146 valence electrons. The second kappa shape index (κ2) is 8.75. The van der Waals surface area contributed by atoms with Crippen LogP contribution in [0.3, 0.4) is 0 Å². The molecular formula is C23H22N4OS. The summed E-state index contributed by atoms with van der Waals surface area (Å²) in [5.74, 6) is -0.115. The molecule has 0 bridgehead atoms. The van der Waals surface area contributed by atoms with Gasteiger partial charge in [-0.1, -0.05) is 66.7 Å². The van der Waals surface area contributed by atoms with Crippen LogP contribution in [0.25, 0.3) is 21.8 Å². The van der Waals surface area contributed by atoms with Gasteiger partial charge >= 0.3 is 0 Å². The molecule has 0 fully saturated rings. The molecule has 5 nitrogen and oxygen atoms in total. The van der Waals surface area contributed by atoms with Crippen molar-refractivity contribution in [2.24, 2.45) is 0 Å². The molecule has 0 atom stereocenters. The van der Waals surface area contributed by atoms with Crippen molar-refractivity contribution in [2.75, 3.05) is 0 Å². The molecular weight excluding hydrogens is 380 g/mol. The first-order valence-electron chi connectivity index (χ1n) is 9.55. The zero-order valence-corrected chi connectivity index (χ0v) is 16.7. The molecule has 0 aliphatic heterocycles. The minimum atomic E-state index is -0.115. The number of carbonyl (C=O) groups excluding carboxylic acids is 1. The number of rotatable bonds is 5. The molecule has 1 heterocycles. The Kier molecular flexibility index (Phi) is 5.72. The number of aryl methyl sites for hydroxylation is 1. The molecule has 3 aromatic carbocycles. The zero-order valence-electron chi connectivity index (χ0n) is 15.9. The first-order valence-corrected chi connectivity index (χ1v) is 9.96. The van der Waals surface area contributed by atoms with Crippen LogP contribution in [-0.4, -0.2) is 15.6 Å². The standard InChI is InChI=1S/C23H22N4OS/c28-22(25-26-23(29)24-16-17-8-2-1-3-9-17)14-15-27-20-12-6-4-10-18(20)19-11-5-7-13-21(19)27/h1-13H,14-16H2,(H,25,28)(H2,24,26,29). The molecule has 0 spiro atoms. The van der Waals surface area contributed by atoms with Gasteiger partial charge in [-0.05, 0) is 29.9 Å². The highest BCUT2D eigenvalue weighted by Crippen LogP contribution is 2.28. The van der Waals surface area contributed by atoms with E-state index >= 15 is 0 Å². The predicted molar refractivity (Wildman–Crippen MR) is 121 cm³/mol. The smallest absolute Gasteiger partial charge is 0.240 e. The van der Waals surface area contributed by atoms with E-state index in [1.54, 1.807) is 0 Å². The number of amides is 1. The molecule has 0 aliphatic carbocycles. The Morgan fingerprint density at radius 2 is 1.38 bits per heavy atom. The molecule has 1 amide bonds. The number of hydrazine groups is 1. The second-order valence-electron chi connectivity index (χ2n) is 6.78. The highest BCUT2D eigenvalue weighted by molar-refractivity contribution is 7.80. The van der Waals surface area contributed by atoms with E-state index in [-0.39, 0.29) is 5.91 Å². The number of benzene rings is 3. The maximum absolute atomic E-state index is 12.3. The first kappa shape index (κ1) is 19.0. The van der Waals surface area contributed by atoms with Crippen molar-refractivity contribution in [3.05, 3.63) is 84.4 Å². The van der Waals surface area contributed by atoms with Gasteiger partial charge in [0.1, 0.15) is 0 Å². The fourth-order valence-electron chi connectivity index (χ4n) is 3.47. The highest BCUT2D eigenvalue weighted by Gasteiger charge is 2.11. The van der Waals surface area contributed by atoms with Gasteiger partial charge in [0.25, 0.3) is 0 Å². The summed E-state index contributed by atoms with van der Waals surface area (Å²) in [6.45, 7) is 1.19. The second-order valence-corrected chi connectivity index (χ2v) is 7.19. The summed E-state index contributed by atoms with van der Waals surface area (Å²) in [5.41, 5.74) is 8.83. The van der Waals surface area contributed by atoms with Gasteiger partial charge in [0, 0.05) is 41.3 Å². The number of nitrogens with one attached hydrogen (secondary N) is 3. The van der Waals surface area contributed by atoms with Crippen molar-refractivity contribution in [1.82, 2.24) is 20.7 Å². The summed E-state index contributed by atoms with van der Waals surface area (Å²) in [4.78, 5) is 12.3. The lowest BCUT2D eigenvalue weighted by molar-refractivity contribution is -0.121. The largest absolute Gasteiger partial charge is 0.357 e. The summed E-state index contributed by atoms with van der Waals surface area (Å²) < 4.78 is 2.19. The molecule has 3 N–H and O–H groups in total. The summed E-state index contributed by atoms with van der Waals surface area (Å²) in [6, 6.07) is 26.5. The molecule has 4 aromatic rings. The normalized spacial score (nSPS) is 10.8. The lowest BCUT2D eigenvalue weighted by Gasteiger charge is -2.12. The van der Waals surface area contributed by atoms with E-state index in [0.717, 1.165) is 16.6 Å². The number of hydrogen-bond donors (Lipinski definition) is 3. The molecule has 6 heteroatoms. The number of hydrogen-bond acceptors (Lipinski definition) is 2. The lowest BCUT2D eigenvalue weighted by Crippen LogP contribution is -2.46. The van der Waals surface area contributed by atoms with Gasteiger partial charge in [-0.2, -0.15) is 0 Å². The summed E-state index contributed by atoms with van der Waals surface area (Å²) in [5, 5.41) is 5.86. The van der Waals surface area contributed by atoms with Gasteiger partial charge in [0.2, 0.25) is 5.91 Å². The third-order valence-electron chi connectivity index (χ3n) is 4.85. The molecule has 0 aliphatic rings. The van der Waals surface area contributed by atoms with E-state index < -0.39 is 0 Å². The minimum Gasteiger partial charge on any atom is -0.357 e. The molecule has 0 radical (unpaired) electrons. The van der Waals surface area contributed by atoms with Gasteiger partial charge in [0.15, 0.2) is 5.11 Å². The lowest BCUT2D eigenvalue weighted by atomic mass is 10.2. The molecule has 0 saturated heterocycles. The van der Waals surface area contributed by atoms with Crippen LogP contribution in [0.15, 0.2) is 78.9 Å². The fourth-order valence-corrected chi connectivity index (χ4v) is 3.59. The number of para-hydroxylation sites is 2. The number of fused-ring (bicyclic) bond motifs is 3. The Labute approximate surface area is 174 Å². The third kappa shape index (κ3) is 4.38. The van der Waals surface area contributed by atoms with Gasteiger partial charge in [0.05, 0.1) is 0 Å². The van der Waals surface area contributed by atoms with Gasteiger partial charge < -0.3 is 9.88 Å². The van der Waals surface area contributed by atoms with E-state index in [4.69, 9.17) is 12.2 Å². The van der Waals surface area contributed by atoms with E-state index in [9.17, 15) is 4.79 Å². The van der Waals surface area contributed by atoms with Gasteiger partial charge in [-0.25, -0.2) is 0 Å². The van der Waals surface area contributed by atoms with Crippen LogP contribution in [0.2, 0.25) is 0 Å². The Morgan fingerprint density at radius 3 is 2.03 bits per heavy atom. The van der Waals surface area contributed by atoms with Crippen molar-refractivity contribution < 1.29 is 4.79 Å². The van der Waals surface area contributed by atoms with Gasteiger partial charge in [-0.15, -0.1) is 0 Å². The van der Waals surface area contributed by atoms with Crippen LogP contribution in [0.4, 0.5) is 0 Å². The van der Waals surface area contributed by atoms with Crippen molar-refractivity contribution in [3.63, 3.8) is 0 Å². The fraction of sp³-hybridized carbons (Fsp3) is 0.130. The number of nitrogens with zero attached hydrogens (tertiary/aromatic N) is 1. The highest BCUT2D eigenvalue weighted by atomic mass is 32.1. The average molecular weight is 403 g/mol. The molecule has 29 heavy (non-hydrogen) atoms. The van der Waals surface area contributed by atoms with E-state index in [1.165, 1.54) is 10.8 Å². The summed E-state index contributed by atoms with van der Waals surface area (Å²) in [7, 11) is 0. The van der Waals surface area contributed by atoms with Crippen LogP contribution < -0.4 is 16.2 Å². The van der Waals surface area contributed by atoms with Crippen molar-refractivity contribution >= 4 is 45.0 Å². The third-order valence-corrected chi connectivity index (χ3v) is 5.10. The van der Waals surface area contributed by atoms with Crippen LogP contribution >= 0.6 is 12.2 Å². The van der Waals surface area contributed by atoms with Gasteiger partial charge in [-0.3, -0.25) is 15.6 Å². The van der Waals surface area contributed by atoms with Crippen LogP contribution in [-0.2, 0) is 17.9 Å². The van der Waals surface area contributed by atoms with Crippen molar-refractivity contribution in [2.45, 2.75) is 19.5 Å². The Hall–Kier alpha value is -3.38. The molecule has 0 saturated carbocycles. The van der Waals surface area contributed by atoms with E-state index in [1.807, 2.05) is 54.6 Å². The Balaban J connectivity index is 1.33. The number of thiocarbonyl (C=S) groups is 1. The molecule has 1 aromatic heterocycles. The predicted octanol–water partition coefficient (Wildman–Crippen LogP) is 3.88. The first-order chi connectivity index (χ1) is 14.2. The zero-order chi connectivity index (χ0) is 20.1. The molecule has 4 rings (SSSR count). The SMILES string of the molecule is O=C(CCn1c2ccccc2c2ccccc21)NNC(=S)NCc1ccccc1. The number of carbonyl (C=O) groups is 1. The van der Waals surface area contributed by atoms with Crippen LogP contribution in [0.1, 0.15) is 12.0 Å². The monoisotopic (exact) mass is 402 g/mol. The molecule has 0 unspecified atom stereocenters. The van der Waals surface area contributed by atoms with Crippen molar-refractivity contribution in [3.8, 4) is 0 Å². The van der Waals surface area contributed by atoms with Crippen molar-refractivity contribution in [1.29, 1.82) is 0 Å².